The number of aromatic nitrogens is 4. The van der Waals surface area contributed by atoms with Crippen LogP contribution in [0.5, 0.6) is 5.75 Å². The molecule has 0 unspecified atom stereocenters. The quantitative estimate of drug-likeness (QED) is 0.756. The molecule has 9 heteroatoms. The molecule has 0 spiro atoms. The Morgan fingerprint density at radius 2 is 2.08 bits per heavy atom. The molecule has 1 amide bonds. The minimum Gasteiger partial charge on any atom is -0.496 e. The maximum atomic E-state index is 14.1. The number of carbonyl (C=O) groups excluding carboxylic acids is 1. The fourth-order valence-corrected chi connectivity index (χ4v) is 2.53. The topological polar surface area (TPSA) is 84.0 Å². The SMILES string of the molecule is COc1ccc(F)c(F)c1C(=O)N(C)Cc1cccc(-c2nn[nH]n2)c1. The fourth-order valence-electron chi connectivity index (χ4n) is 2.53. The van der Waals surface area contributed by atoms with E-state index < -0.39 is 23.1 Å². The van der Waals surface area contributed by atoms with Crippen molar-refractivity contribution in [3.05, 3.63) is 59.2 Å². The van der Waals surface area contributed by atoms with Crippen molar-refractivity contribution in [3.63, 3.8) is 0 Å². The number of methoxy groups -OCH3 is 1. The van der Waals surface area contributed by atoms with Crippen LogP contribution in [0.4, 0.5) is 8.78 Å². The van der Waals surface area contributed by atoms with Crippen LogP contribution in [0.25, 0.3) is 11.4 Å². The third-order valence-electron chi connectivity index (χ3n) is 3.79. The molecule has 0 radical (unpaired) electrons. The van der Waals surface area contributed by atoms with E-state index >= 15 is 0 Å². The molecule has 3 rings (SSSR count). The van der Waals surface area contributed by atoms with E-state index in [-0.39, 0.29) is 12.3 Å². The number of halogens is 2. The number of nitrogens with zero attached hydrogens (tertiary/aromatic N) is 4. The number of amides is 1. The lowest BCUT2D eigenvalue weighted by atomic mass is 10.1. The van der Waals surface area contributed by atoms with E-state index in [0.717, 1.165) is 11.6 Å². The zero-order valence-electron chi connectivity index (χ0n) is 14.0. The van der Waals surface area contributed by atoms with Gasteiger partial charge in [0, 0.05) is 19.2 Å². The summed E-state index contributed by atoms with van der Waals surface area (Å²) >= 11 is 0. The highest BCUT2D eigenvalue weighted by Crippen LogP contribution is 2.25. The number of aromatic amines is 1. The van der Waals surface area contributed by atoms with Gasteiger partial charge in [-0.25, -0.2) is 8.78 Å². The fraction of sp³-hybridized carbons (Fsp3) is 0.176. The predicted molar refractivity (Wildman–Crippen MR) is 88.3 cm³/mol. The summed E-state index contributed by atoms with van der Waals surface area (Å²) in [5.41, 5.74) is 1.04. The number of ether oxygens (including phenoxy) is 1. The van der Waals surface area contributed by atoms with Gasteiger partial charge in [-0.2, -0.15) is 5.21 Å². The molecule has 2 aromatic carbocycles. The highest BCUT2D eigenvalue weighted by molar-refractivity contribution is 5.97. The Kier molecular flexibility index (Phi) is 4.87. The van der Waals surface area contributed by atoms with E-state index in [4.69, 9.17) is 4.74 Å². The smallest absolute Gasteiger partial charge is 0.260 e. The Labute approximate surface area is 147 Å². The molecule has 0 saturated carbocycles. The lowest BCUT2D eigenvalue weighted by molar-refractivity contribution is 0.0775. The maximum Gasteiger partial charge on any atom is 0.260 e. The summed E-state index contributed by atoms with van der Waals surface area (Å²) < 4.78 is 32.6. The van der Waals surface area contributed by atoms with Gasteiger partial charge in [-0.05, 0) is 29.0 Å². The third kappa shape index (κ3) is 3.37. The van der Waals surface area contributed by atoms with Crippen LogP contribution in [0.15, 0.2) is 36.4 Å². The molecule has 26 heavy (non-hydrogen) atoms. The second kappa shape index (κ2) is 7.26. The highest BCUT2D eigenvalue weighted by atomic mass is 19.2. The van der Waals surface area contributed by atoms with Gasteiger partial charge in [0.05, 0.1) is 7.11 Å². The molecule has 7 nitrogen and oxygen atoms in total. The molecule has 0 atom stereocenters. The van der Waals surface area contributed by atoms with Crippen molar-refractivity contribution in [2.24, 2.45) is 0 Å². The molecule has 0 saturated heterocycles. The number of benzene rings is 2. The number of H-pyrrole nitrogens is 1. The molecule has 0 fully saturated rings. The van der Waals surface area contributed by atoms with Crippen LogP contribution in [0.3, 0.4) is 0 Å². The number of tetrazole rings is 1. The van der Waals surface area contributed by atoms with Gasteiger partial charge in [-0.15, -0.1) is 10.2 Å². The predicted octanol–water partition coefficient (Wildman–Crippen LogP) is 2.43. The van der Waals surface area contributed by atoms with Gasteiger partial charge < -0.3 is 9.64 Å². The lowest BCUT2D eigenvalue weighted by Crippen LogP contribution is -2.28. The maximum absolute atomic E-state index is 14.1. The molecule has 0 bridgehead atoms. The monoisotopic (exact) mass is 359 g/mol. The van der Waals surface area contributed by atoms with Crippen molar-refractivity contribution in [2.75, 3.05) is 14.2 Å². The first-order valence-electron chi connectivity index (χ1n) is 7.61. The Hall–Kier alpha value is -3.36. The van der Waals surface area contributed by atoms with Crippen molar-refractivity contribution in [1.29, 1.82) is 0 Å². The van der Waals surface area contributed by atoms with Gasteiger partial charge in [0.1, 0.15) is 11.3 Å². The summed E-state index contributed by atoms with van der Waals surface area (Å²) in [6.07, 6.45) is 0. The van der Waals surface area contributed by atoms with Gasteiger partial charge in [0.25, 0.3) is 5.91 Å². The molecular formula is C17H15F2N5O2. The van der Waals surface area contributed by atoms with Crippen LogP contribution in [-0.2, 0) is 6.54 Å². The Morgan fingerprint density at radius 1 is 1.27 bits per heavy atom. The van der Waals surface area contributed by atoms with Crippen LogP contribution < -0.4 is 4.74 Å². The molecule has 0 aliphatic carbocycles. The van der Waals surface area contributed by atoms with Crippen molar-refractivity contribution in [2.45, 2.75) is 6.54 Å². The van der Waals surface area contributed by atoms with Gasteiger partial charge in [0.2, 0.25) is 5.82 Å². The summed E-state index contributed by atoms with van der Waals surface area (Å²) in [5, 5.41) is 13.7. The van der Waals surface area contributed by atoms with Gasteiger partial charge in [-0.1, -0.05) is 18.2 Å². The van der Waals surface area contributed by atoms with Crippen molar-refractivity contribution in [1.82, 2.24) is 25.5 Å². The minimum atomic E-state index is -1.23. The molecule has 0 aliphatic heterocycles. The second-order valence-corrected chi connectivity index (χ2v) is 5.54. The second-order valence-electron chi connectivity index (χ2n) is 5.54. The first kappa shape index (κ1) is 17.5. The van der Waals surface area contributed by atoms with Crippen LogP contribution in [-0.4, -0.2) is 45.6 Å². The van der Waals surface area contributed by atoms with E-state index in [1.54, 1.807) is 24.3 Å². The Bertz CT molecular complexity index is 931. The van der Waals surface area contributed by atoms with Crippen molar-refractivity contribution >= 4 is 5.91 Å². The standard InChI is InChI=1S/C17H15F2N5O2/c1-24(17(25)14-13(26-2)7-6-12(18)15(14)19)9-10-4-3-5-11(8-10)16-20-22-23-21-16/h3-8H,9H2,1-2H3,(H,20,21,22,23). The van der Waals surface area contributed by atoms with Gasteiger partial charge >= 0.3 is 0 Å². The zero-order chi connectivity index (χ0) is 18.7. The van der Waals surface area contributed by atoms with Crippen molar-refractivity contribution in [3.8, 4) is 17.1 Å². The normalized spacial score (nSPS) is 10.6. The van der Waals surface area contributed by atoms with E-state index in [1.165, 1.54) is 25.1 Å². The third-order valence-corrected chi connectivity index (χ3v) is 3.79. The molecular weight excluding hydrogens is 344 g/mol. The average molecular weight is 359 g/mol. The number of hydrogen-bond acceptors (Lipinski definition) is 5. The summed E-state index contributed by atoms with van der Waals surface area (Å²) in [6, 6.07) is 9.30. The number of nitrogens with one attached hydrogen (secondary N) is 1. The average Bonchev–Trinajstić information content (AvgIpc) is 3.18. The first-order valence-corrected chi connectivity index (χ1v) is 7.61. The minimum absolute atomic E-state index is 0.0266. The molecule has 1 N–H and O–H groups in total. The number of rotatable bonds is 5. The van der Waals surface area contributed by atoms with E-state index in [9.17, 15) is 13.6 Å². The molecule has 1 heterocycles. The van der Waals surface area contributed by atoms with Crippen LogP contribution in [0.2, 0.25) is 0 Å². The lowest BCUT2D eigenvalue weighted by Gasteiger charge is -2.19. The summed E-state index contributed by atoms with van der Waals surface area (Å²) in [5.74, 6) is -2.65. The van der Waals surface area contributed by atoms with Gasteiger partial charge in [-0.3, -0.25) is 4.79 Å². The van der Waals surface area contributed by atoms with Gasteiger partial charge in [0.15, 0.2) is 11.6 Å². The number of carbonyl (C=O) groups is 1. The van der Waals surface area contributed by atoms with Crippen LogP contribution >= 0.6 is 0 Å². The summed E-state index contributed by atoms with van der Waals surface area (Å²) in [7, 11) is 2.78. The Morgan fingerprint density at radius 3 is 2.77 bits per heavy atom. The molecule has 0 aliphatic rings. The highest BCUT2D eigenvalue weighted by Gasteiger charge is 2.24. The van der Waals surface area contributed by atoms with E-state index in [1.807, 2.05) is 0 Å². The molecule has 3 aromatic rings. The number of hydrogen-bond donors (Lipinski definition) is 1. The first-order chi connectivity index (χ1) is 12.5. The van der Waals surface area contributed by atoms with Crippen LogP contribution in [0.1, 0.15) is 15.9 Å². The van der Waals surface area contributed by atoms with E-state index in [0.29, 0.717) is 11.4 Å². The summed E-state index contributed by atoms with van der Waals surface area (Å²) in [6.45, 7) is 0.170. The zero-order valence-corrected chi connectivity index (χ0v) is 14.0. The molecule has 134 valence electrons. The summed E-state index contributed by atoms with van der Waals surface area (Å²) in [4.78, 5) is 13.9. The largest absolute Gasteiger partial charge is 0.496 e. The Balaban J connectivity index is 1.85. The van der Waals surface area contributed by atoms with E-state index in [2.05, 4.69) is 20.6 Å². The molecule has 1 aromatic heterocycles. The van der Waals surface area contributed by atoms with Crippen LogP contribution in [0, 0.1) is 11.6 Å². The van der Waals surface area contributed by atoms with Crippen molar-refractivity contribution < 1.29 is 18.3 Å².